The molecule has 2 aromatic rings. The number of benzene rings is 1. The van der Waals surface area contributed by atoms with Crippen molar-refractivity contribution in [2.24, 2.45) is 5.73 Å². The van der Waals surface area contributed by atoms with Crippen molar-refractivity contribution in [2.75, 3.05) is 19.0 Å². The van der Waals surface area contributed by atoms with E-state index in [4.69, 9.17) is 10.3 Å². The number of amides is 2. The summed E-state index contributed by atoms with van der Waals surface area (Å²) in [5.74, 6) is -0.463. The lowest BCUT2D eigenvalue weighted by atomic mass is 10.3. The third-order valence-electron chi connectivity index (χ3n) is 2.71. The molecule has 0 aliphatic heterocycles. The fraction of sp³-hybridized carbons (Fsp3) is 0.231. The van der Waals surface area contributed by atoms with Crippen LogP contribution in [0.3, 0.4) is 0 Å². The average molecular weight is 306 g/mol. The molecule has 116 valence electrons. The molecule has 22 heavy (non-hydrogen) atoms. The van der Waals surface area contributed by atoms with Crippen LogP contribution in [0.5, 0.6) is 0 Å². The van der Waals surface area contributed by atoms with E-state index in [0.29, 0.717) is 0 Å². The van der Waals surface area contributed by atoms with Crippen LogP contribution in [0.4, 0.5) is 10.7 Å². The Labute approximate surface area is 126 Å². The van der Waals surface area contributed by atoms with Crippen LogP contribution in [-0.2, 0) is 9.53 Å². The van der Waals surface area contributed by atoms with E-state index in [-0.39, 0.29) is 12.4 Å². The number of rotatable bonds is 5. The van der Waals surface area contributed by atoms with E-state index in [1.165, 1.54) is 18.0 Å². The maximum absolute atomic E-state index is 11.6. The Morgan fingerprint density at radius 2 is 2.14 bits per heavy atom. The van der Waals surface area contributed by atoms with Crippen molar-refractivity contribution < 1.29 is 23.5 Å². The maximum Gasteiger partial charge on any atom is 0.324 e. The van der Waals surface area contributed by atoms with Gasteiger partial charge in [0, 0.05) is 18.7 Å². The minimum atomic E-state index is -0.931. The molecule has 0 aliphatic rings. The quantitative estimate of drug-likeness (QED) is 0.509. The molecule has 9 heteroatoms. The molecule has 1 aromatic carbocycles. The predicted octanol–water partition coefficient (Wildman–Crippen LogP) is -0.427. The highest BCUT2D eigenvalue weighted by molar-refractivity contribution is 5.88. The van der Waals surface area contributed by atoms with E-state index >= 15 is 0 Å². The lowest BCUT2D eigenvalue weighted by molar-refractivity contribution is -0.670. The summed E-state index contributed by atoms with van der Waals surface area (Å²) in [5, 5.41) is 8.64. The molecule has 0 unspecified atom stereocenters. The largest absolute Gasteiger partial charge is 0.468 e. The van der Waals surface area contributed by atoms with Crippen molar-refractivity contribution >= 4 is 17.9 Å². The van der Waals surface area contributed by atoms with Gasteiger partial charge in [-0.1, -0.05) is 18.2 Å². The Bertz CT molecular complexity index is 643. The SMILES string of the molecule is COC(=O)[C@@H](N)CNC(=O)Nc1c[n+](-c2ccccc2)no1. The van der Waals surface area contributed by atoms with E-state index in [2.05, 4.69) is 20.6 Å². The van der Waals surface area contributed by atoms with Crippen LogP contribution in [0.15, 0.2) is 41.1 Å². The molecular formula is C13H16N5O4+. The molecule has 9 nitrogen and oxygen atoms in total. The van der Waals surface area contributed by atoms with Crippen LogP contribution in [0, 0.1) is 0 Å². The Morgan fingerprint density at radius 1 is 1.41 bits per heavy atom. The van der Waals surface area contributed by atoms with Gasteiger partial charge >= 0.3 is 17.9 Å². The minimum Gasteiger partial charge on any atom is -0.468 e. The number of aromatic nitrogens is 2. The summed E-state index contributed by atoms with van der Waals surface area (Å²) in [5.41, 5.74) is 6.28. The molecule has 0 saturated carbocycles. The van der Waals surface area contributed by atoms with E-state index in [1.807, 2.05) is 30.3 Å². The number of nitrogens with one attached hydrogen (secondary N) is 2. The summed E-state index contributed by atoms with van der Waals surface area (Å²) in [4.78, 5) is 22.7. The van der Waals surface area contributed by atoms with Crippen molar-refractivity contribution in [3.8, 4) is 5.69 Å². The molecule has 1 heterocycles. The van der Waals surface area contributed by atoms with Crippen LogP contribution >= 0.6 is 0 Å². The monoisotopic (exact) mass is 306 g/mol. The first-order valence-electron chi connectivity index (χ1n) is 6.42. The smallest absolute Gasteiger partial charge is 0.324 e. The van der Waals surface area contributed by atoms with Crippen molar-refractivity contribution in [3.05, 3.63) is 36.5 Å². The third-order valence-corrected chi connectivity index (χ3v) is 2.71. The molecule has 2 rings (SSSR count). The van der Waals surface area contributed by atoms with Crippen LogP contribution in [-0.4, -0.2) is 37.0 Å². The second-order valence-electron chi connectivity index (χ2n) is 4.31. The van der Waals surface area contributed by atoms with Gasteiger partial charge in [-0.2, -0.15) is 0 Å². The number of nitrogens with zero attached hydrogens (tertiary/aromatic N) is 2. The van der Waals surface area contributed by atoms with E-state index < -0.39 is 18.0 Å². The first kappa shape index (κ1) is 15.4. The Morgan fingerprint density at radius 3 is 2.82 bits per heavy atom. The molecule has 2 amide bonds. The molecule has 0 spiro atoms. The fourth-order valence-corrected chi connectivity index (χ4v) is 1.60. The van der Waals surface area contributed by atoms with E-state index in [9.17, 15) is 9.59 Å². The second kappa shape index (κ2) is 7.18. The Balaban J connectivity index is 1.88. The summed E-state index contributed by atoms with van der Waals surface area (Å²) in [7, 11) is 1.22. The van der Waals surface area contributed by atoms with Gasteiger partial charge in [-0.05, 0) is 4.68 Å². The van der Waals surface area contributed by atoms with E-state index in [1.54, 1.807) is 0 Å². The highest BCUT2D eigenvalue weighted by atomic mass is 16.5. The molecule has 1 aromatic heterocycles. The second-order valence-corrected chi connectivity index (χ2v) is 4.31. The topological polar surface area (TPSA) is 123 Å². The van der Waals surface area contributed by atoms with Gasteiger partial charge in [0.2, 0.25) is 11.0 Å². The lowest BCUT2D eigenvalue weighted by Gasteiger charge is -2.09. The number of urea groups is 1. The van der Waals surface area contributed by atoms with Crippen molar-refractivity contribution in [2.45, 2.75) is 6.04 Å². The van der Waals surface area contributed by atoms with Gasteiger partial charge in [-0.25, -0.2) is 4.79 Å². The van der Waals surface area contributed by atoms with Gasteiger partial charge < -0.3 is 15.8 Å². The summed E-state index contributed by atoms with van der Waals surface area (Å²) in [6.45, 7) is -0.0642. The van der Waals surface area contributed by atoms with Crippen LogP contribution in [0.2, 0.25) is 0 Å². The number of carbonyl (C=O) groups is 2. The van der Waals surface area contributed by atoms with Gasteiger partial charge in [0.15, 0.2) is 0 Å². The molecule has 0 aliphatic carbocycles. The van der Waals surface area contributed by atoms with Gasteiger partial charge in [-0.3, -0.25) is 14.6 Å². The molecule has 1 atom stereocenters. The summed E-state index contributed by atoms with van der Waals surface area (Å²) in [6.07, 6.45) is 1.51. The maximum atomic E-state index is 11.6. The minimum absolute atomic E-state index is 0.0642. The number of anilines is 1. The van der Waals surface area contributed by atoms with Crippen molar-refractivity contribution in [3.63, 3.8) is 0 Å². The molecule has 4 N–H and O–H groups in total. The zero-order chi connectivity index (χ0) is 15.9. The van der Waals surface area contributed by atoms with Crippen LogP contribution < -0.4 is 21.0 Å². The zero-order valence-electron chi connectivity index (χ0n) is 11.9. The Kier molecular flexibility index (Phi) is 5.04. The predicted molar refractivity (Wildman–Crippen MR) is 75.0 cm³/mol. The lowest BCUT2D eigenvalue weighted by Crippen LogP contribution is -2.44. The summed E-state index contributed by atoms with van der Waals surface area (Å²) >= 11 is 0. The van der Waals surface area contributed by atoms with Crippen molar-refractivity contribution in [1.82, 2.24) is 10.6 Å². The van der Waals surface area contributed by atoms with E-state index in [0.717, 1.165) is 5.69 Å². The number of para-hydroxylation sites is 1. The first-order valence-corrected chi connectivity index (χ1v) is 6.42. The number of hydrogen-bond donors (Lipinski definition) is 3. The number of carbonyl (C=O) groups excluding carboxylic acids is 2. The summed E-state index contributed by atoms with van der Waals surface area (Å²) in [6, 6.07) is 7.75. The molecule has 0 radical (unpaired) electrons. The highest BCUT2D eigenvalue weighted by Crippen LogP contribution is 2.03. The standard InChI is InChI=1S/C13H15N5O4/c1-21-12(19)10(14)7-15-13(20)16-11-8-18(17-22-11)9-5-3-2-4-6-9/h2-6,8,10H,7,14H2,1H3,(H-,15,16,17,20)/p+1/t10-/m0/s1. The van der Waals surface area contributed by atoms with Gasteiger partial charge in [0.05, 0.1) is 7.11 Å². The molecular weight excluding hydrogens is 290 g/mol. The first-order chi connectivity index (χ1) is 10.6. The van der Waals surface area contributed by atoms with Crippen molar-refractivity contribution in [1.29, 1.82) is 0 Å². The number of ether oxygens (including phenoxy) is 1. The normalized spacial score (nSPS) is 11.5. The van der Waals surface area contributed by atoms with Gasteiger partial charge in [-0.15, -0.1) is 0 Å². The van der Waals surface area contributed by atoms with Gasteiger partial charge in [0.25, 0.3) is 6.20 Å². The van der Waals surface area contributed by atoms with Gasteiger partial charge in [0.1, 0.15) is 6.04 Å². The number of hydrogen-bond acceptors (Lipinski definition) is 6. The number of esters is 1. The average Bonchev–Trinajstić information content (AvgIpc) is 3.01. The Hall–Kier alpha value is -2.94. The highest BCUT2D eigenvalue weighted by Gasteiger charge is 2.18. The summed E-state index contributed by atoms with van der Waals surface area (Å²) < 4.78 is 10.9. The zero-order valence-corrected chi connectivity index (χ0v) is 11.9. The molecule has 0 fully saturated rings. The molecule has 0 bridgehead atoms. The number of nitrogens with two attached hydrogens (primary N) is 1. The molecule has 0 saturated heterocycles. The number of methoxy groups -OCH3 is 1. The third kappa shape index (κ3) is 4.03. The van der Waals surface area contributed by atoms with Crippen LogP contribution in [0.25, 0.3) is 5.69 Å². The fourth-order valence-electron chi connectivity index (χ4n) is 1.60. The van der Waals surface area contributed by atoms with Crippen LogP contribution in [0.1, 0.15) is 0 Å².